The normalized spacial score (nSPS) is 29.7. The molecule has 0 N–H and O–H groups in total. The van der Waals surface area contributed by atoms with Gasteiger partial charge in [-0.25, -0.2) is 0 Å². The number of hydrogen-bond donors (Lipinski definition) is 0. The van der Waals surface area contributed by atoms with Gasteiger partial charge in [0.05, 0.1) is 0 Å². The summed E-state index contributed by atoms with van der Waals surface area (Å²) in [6.07, 6.45) is 14.9. The molecule has 0 bridgehead atoms. The Labute approximate surface area is 137 Å². The molecular weight excluding hydrogens is 292 g/mol. The zero-order chi connectivity index (χ0) is 15.4. The molecule has 5 heteroatoms. The predicted octanol–water partition coefficient (Wildman–Crippen LogP) is 3.39. The van der Waals surface area contributed by atoms with E-state index in [1.807, 2.05) is 14.2 Å². The van der Waals surface area contributed by atoms with Crippen LogP contribution in [0.5, 0.6) is 0 Å². The first-order chi connectivity index (χ1) is 10.8. The summed E-state index contributed by atoms with van der Waals surface area (Å²) in [5, 5.41) is 0. The van der Waals surface area contributed by atoms with Crippen molar-refractivity contribution in [3.05, 3.63) is 0 Å². The van der Waals surface area contributed by atoms with Gasteiger partial charge in [0, 0.05) is 26.3 Å². The molecule has 4 nitrogen and oxygen atoms in total. The van der Waals surface area contributed by atoms with Crippen molar-refractivity contribution in [1.29, 1.82) is 0 Å². The Hall–Kier alpha value is 0.0569. The lowest BCUT2D eigenvalue weighted by Crippen LogP contribution is -2.76. The summed E-state index contributed by atoms with van der Waals surface area (Å²) >= 11 is 0. The first kappa shape index (κ1) is 16.9. The van der Waals surface area contributed by atoms with Crippen LogP contribution in [0.1, 0.15) is 70.6 Å². The van der Waals surface area contributed by atoms with Crippen LogP contribution < -0.4 is 0 Å². The van der Waals surface area contributed by atoms with Gasteiger partial charge in [-0.2, -0.15) is 0 Å². The molecule has 22 heavy (non-hydrogen) atoms. The maximum atomic E-state index is 6.23. The summed E-state index contributed by atoms with van der Waals surface area (Å²) in [4.78, 5) is 0. The monoisotopic (exact) mass is 326 g/mol. The Bertz CT molecular complexity index is 312. The fourth-order valence-corrected chi connectivity index (χ4v) is 8.78. The minimum atomic E-state index is -2.40. The Balaban J connectivity index is 1.81. The fourth-order valence-electron chi connectivity index (χ4n) is 5.02. The van der Waals surface area contributed by atoms with Crippen LogP contribution in [-0.4, -0.2) is 57.4 Å². The fraction of sp³-hybridized carbons (Fsp3) is 1.00. The zero-order valence-corrected chi connectivity index (χ0v) is 15.6. The number of rotatable bonds is 4. The third kappa shape index (κ3) is 3.15. The van der Waals surface area contributed by atoms with Gasteiger partial charge in [0.15, 0.2) is 0 Å². The first-order valence-electron chi connectivity index (χ1n) is 9.45. The Morgan fingerprint density at radius 3 is 1.41 bits per heavy atom. The van der Waals surface area contributed by atoms with Crippen LogP contribution in [0.15, 0.2) is 0 Å². The van der Waals surface area contributed by atoms with E-state index in [9.17, 15) is 0 Å². The smallest absolute Gasteiger partial charge is 0.374 e. The predicted molar refractivity (Wildman–Crippen MR) is 91.5 cm³/mol. The topological polar surface area (TPSA) is 24.9 Å². The van der Waals surface area contributed by atoms with E-state index >= 15 is 0 Å². The summed E-state index contributed by atoms with van der Waals surface area (Å²) in [6, 6.07) is 1.37. The van der Waals surface area contributed by atoms with Crippen molar-refractivity contribution in [3.8, 4) is 0 Å². The summed E-state index contributed by atoms with van der Waals surface area (Å²) in [5.41, 5.74) is 0. The quantitative estimate of drug-likeness (QED) is 0.739. The molecule has 0 spiro atoms. The van der Waals surface area contributed by atoms with Crippen LogP contribution in [0.2, 0.25) is 0 Å². The van der Waals surface area contributed by atoms with Crippen molar-refractivity contribution in [2.75, 3.05) is 27.3 Å². The SMILES string of the molecule is CO[Si]1(OC)N(C2CCCCC2)CCCN1C1CCCCC1. The van der Waals surface area contributed by atoms with E-state index in [-0.39, 0.29) is 0 Å². The van der Waals surface area contributed by atoms with Gasteiger partial charge in [-0.05, 0) is 45.2 Å². The molecule has 0 amide bonds. The van der Waals surface area contributed by atoms with Gasteiger partial charge < -0.3 is 8.85 Å². The molecule has 1 saturated heterocycles. The molecule has 0 unspecified atom stereocenters. The molecule has 0 aromatic heterocycles. The largest absolute Gasteiger partial charge is 0.522 e. The molecule has 1 aliphatic heterocycles. The third-order valence-corrected chi connectivity index (χ3v) is 9.78. The van der Waals surface area contributed by atoms with E-state index < -0.39 is 8.88 Å². The van der Waals surface area contributed by atoms with Gasteiger partial charge in [0.2, 0.25) is 0 Å². The van der Waals surface area contributed by atoms with E-state index in [0.29, 0.717) is 12.1 Å². The first-order valence-corrected chi connectivity index (χ1v) is 11.2. The van der Waals surface area contributed by atoms with Gasteiger partial charge in [-0.3, -0.25) is 9.13 Å². The molecule has 128 valence electrons. The van der Waals surface area contributed by atoms with Gasteiger partial charge >= 0.3 is 8.88 Å². The van der Waals surface area contributed by atoms with Crippen molar-refractivity contribution in [2.45, 2.75) is 82.7 Å². The minimum absolute atomic E-state index is 0.687. The van der Waals surface area contributed by atoms with Crippen LogP contribution >= 0.6 is 0 Å². The second kappa shape index (κ2) is 7.75. The van der Waals surface area contributed by atoms with Gasteiger partial charge in [0.25, 0.3) is 0 Å². The molecule has 3 rings (SSSR count). The lowest BCUT2D eigenvalue weighted by Gasteiger charge is -2.54. The molecule has 2 saturated carbocycles. The maximum absolute atomic E-state index is 6.23. The zero-order valence-electron chi connectivity index (χ0n) is 14.6. The van der Waals surface area contributed by atoms with Crippen molar-refractivity contribution in [1.82, 2.24) is 9.13 Å². The molecule has 1 heterocycles. The van der Waals surface area contributed by atoms with Gasteiger partial charge in [-0.1, -0.05) is 38.5 Å². The average molecular weight is 327 g/mol. The highest BCUT2D eigenvalue weighted by Gasteiger charge is 2.56. The van der Waals surface area contributed by atoms with Crippen LogP contribution in [0.25, 0.3) is 0 Å². The number of nitrogens with zero attached hydrogens (tertiary/aromatic N) is 2. The minimum Gasteiger partial charge on any atom is -0.374 e. The van der Waals surface area contributed by atoms with E-state index in [0.717, 1.165) is 0 Å². The average Bonchev–Trinajstić information content (AvgIpc) is 2.62. The second-order valence-corrected chi connectivity index (χ2v) is 10.3. The summed E-state index contributed by atoms with van der Waals surface area (Å²) in [7, 11) is 1.39. The molecule has 0 atom stereocenters. The molecule has 3 fully saturated rings. The van der Waals surface area contributed by atoms with Crippen molar-refractivity contribution in [2.24, 2.45) is 0 Å². The van der Waals surface area contributed by atoms with Crippen molar-refractivity contribution in [3.63, 3.8) is 0 Å². The van der Waals surface area contributed by atoms with Crippen molar-refractivity contribution < 1.29 is 8.85 Å². The number of hydrogen-bond acceptors (Lipinski definition) is 4. The molecule has 0 radical (unpaired) electrons. The highest BCUT2D eigenvalue weighted by molar-refractivity contribution is 6.61. The van der Waals surface area contributed by atoms with Crippen LogP contribution in [-0.2, 0) is 8.85 Å². The Morgan fingerprint density at radius 2 is 1.05 bits per heavy atom. The van der Waals surface area contributed by atoms with E-state index in [1.165, 1.54) is 83.7 Å². The van der Waals surface area contributed by atoms with Crippen LogP contribution in [0, 0.1) is 0 Å². The highest BCUT2D eigenvalue weighted by atomic mass is 28.4. The molecule has 3 aliphatic rings. The summed E-state index contributed by atoms with van der Waals surface area (Å²) in [6.45, 7) is 2.34. The summed E-state index contributed by atoms with van der Waals surface area (Å²) in [5.74, 6) is 0. The second-order valence-electron chi connectivity index (χ2n) is 7.28. The van der Waals surface area contributed by atoms with Gasteiger partial charge in [0.1, 0.15) is 0 Å². The molecular formula is C17H34N2O2Si. The Kier molecular flexibility index (Phi) is 5.95. The lowest BCUT2D eigenvalue weighted by atomic mass is 9.95. The summed E-state index contributed by atoms with van der Waals surface area (Å²) < 4.78 is 17.8. The Morgan fingerprint density at radius 1 is 0.636 bits per heavy atom. The van der Waals surface area contributed by atoms with E-state index in [4.69, 9.17) is 8.85 Å². The van der Waals surface area contributed by atoms with E-state index in [2.05, 4.69) is 9.13 Å². The highest BCUT2D eigenvalue weighted by Crippen LogP contribution is 2.35. The van der Waals surface area contributed by atoms with E-state index in [1.54, 1.807) is 0 Å². The lowest BCUT2D eigenvalue weighted by molar-refractivity contribution is 0.0211. The van der Waals surface area contributed by atoms with Crippen LogP contribution in [0.3, 0.4) is 0 Å². The molecule has 2 aliphatic carbocycles. The van der Waals surface area contributed by atoms with Gasteiger partial charge in [-0.15, -0.1) is 0 Å². The maximum Gasteiger partial charge on any atom is 0.522 e. The third-order valence-electron chi connectivity index (χ3n) is 6.09. The molecule has 0 aromatic carbocycles. The molecule has 0 aromatic rings. The van der Waals surface area contributed by atoms with Crippen molar-refractivity contribution >= 4 is 8.88 Å². The van der Waals surface area contributed by atoms with Crippen LogP contribution in [0.4, 0.5) is 0 Å². The standard InChI is InChI=1S/C17H34N2O2Si/c1-20-22(21-2)18(16-10-5-3-6-11-16)14-9-15-19(22)17-12-7-4-8-13-17/h16-17H,3-15H2,1-2H3.